The van der Waals surface area contributed by atoms with E-state index < -0.39 is 5.97 Å². The fourth-order valence-electron chi connectivity index (χ4n) is 3.58. The van der Waals surface area contributed by atoms with Crippen LogP contribution in [0.4, 0.5) is 11.5 Å². The van der Waals surface area contributed by atoms with Crippen LogP contribution in [0.2, 0.25) is 5.15 Å². The average Bonchev–Trinajstić information content (AvgIpc) is 2.86. The van der Waals surface area contributed by atoms with Gasteiger partial charge in [0.2, 0.25) is 0 Å². The maximum absolute atomic E-state index is 12.7. The summed E-state index contributed by atoms with van der Waals surface area (Å²) in [5, 5.41) is 8.20. The lowest BCUT2D eigenvalue weighted by atomic mass is 10.1. The van der Waals surface area contributed by atoms with E-state index in [1.807, 2.05) is 66.7 Å². The summed E-state index contributed by atoms with van der Waals surface area (Å²) in [5.74, 6) is 0.403. The van der Waals surface area contributed by atoms with Crippen LogP contribution in [0.5, 0.6) is 0 Å². The van der Waals surface area contributed by atoms with E-state index in [-0.39, 0.29) is 17.5 Å². The van der Waals surface area contributed by atoms with Gasteiger partial charge in [-0.3, -0.25) is 9.59 Å². The number of aromatic nitrogens is 2. The van der Waals surface area contributed by atoms with E-state index in [1.165, 1.54) is 7.11 Å². The van der Waals surface area contributed by atoms with Gasteiger partial charge in [0.15, 0.2) is 0 Å². The van der Waals surface area contributed by atoms with Crippen molar-refractivity contribution in [3.05, 3.63) is 94.4 Å². The van der Waals surface area contributed by atoms with Crippen molar-refractivity contribution < 1.29 is 14.3 Å². The van der Waals surface area contributed by atoms with Crippen molar-refractivity contribution >= 4 is 45.8 Å². The van der Waals surface area contributed by atoms with Crippen molar-refractivity contribution in [2.45, 2.75) is 12.8 Å². The lowest BCUT2D eigenvalue weighted by molar-refractivity contribution is -0.139. The Morgan fingerprint density at radius 2 is 1.71 bits per heavy atom. The summed E-state index contributed by atoms with van der Waals surface area (Å²) in [4.78, 5) is 33.1. The van der Waals surface area contributed by atoms with Crippen molar-refractivity contribution in [3.8, 4) is 0 Å². The molecule has 2 N–H and O–H groups in total. The highest BCUT2D eigenvalue weighted by molar-refractivity contribution is 6.30. The molecule has 1 aromatic heterocycles. The van der Waals surface area contributed by atoms with Gasteiger partial charge in [-0.15, -0.1) is 0 Å². The van der Waals surface area contributed by atoms with Gasteiger partial charge in [0.1, 0.15) is 16.8 Å². The van der Waals surface area contributed by atoms with Crippen molar-refractivity contribution in [1.82, 2.24) is 9.97 Å². The number of carbonyl (C=O) groups is 2. The normalized spacial score (nSPS) is 10.7. The molecule has 7 nitrogen and oxygen atoms in total. The zero-order valence-corrected chi connectivity index (χ0v) is 19.5. The molecule has 0 aliphatic rings. The first-order chi connectivity index (χ1) is 16.5. The van der Waals surface area contributed by atoms with E-state index in [9.17, 15) is 9.59 Å². The highest BCUT2D eigenvalue weighted by Crippen LogP contribution is 2.23. The first-order valence-corrected chi connectivity index (χ1v) is 11.0. The Labute approximate surface area is 202 Å². The second-order valence-electron chi connectivity index (χ2n) is 7.65. The van der Waals surface area contributed by atoms with Gasteiger partial charge in [0.05, 0.1) is 13.5 Å². The van der Waals surface area contributed by atoms with Gasteiger partial charge in [0, 0.05) is 30.3 Å². The molecule has 0 fully saturated rings. The molecule has 0 aliphatic heterocycles. The highest BCUT2D eigenvalue weighted by Gasteiger charge is 2.16. The maximum Gasteiger partial charge on any atom is 0.310 e. The first-order valence-electron chi connectivity index (χ1n) is 10.7. The number of fused-ring (bicyclic) bond motifs is 1. The number of rotatable bonds is 7. The Morgan fingerprint density at radius 3 is 2.41 bits per heavy atom. The number of methoxy groups -OCH3 is 1. The van der Waals surface area contributed by atoms with Crippen LogP contribution < -0.4 is 10.6 Å². The minimum atomic E-state index is -0.420. The number of carbonyl (C=O) groups excluding carboxylic acids is 2. The molecule has 3 aromatic carbocycles. The fraction of sp³-hybridized carbons (Fsp3) is 0.154. The van der Waals surface area contributed by atoms with Crippen LogP contribution in [0.15, 0.2) is 66.7 Å². The molecule has 8 heteroatoms. The molecular weight excluding hydrogens is 452 g/mol. The predicted octanol–water partition coefficient (Wildman–Crippen LogP) is 4.88. The molecule has 0 atom stereocenters. The Morgan fingerprint density at radius 1 is 0.971 bits per heavy atom. The lowest BCUT2D eigenvalue weighted by Crippen LogP contribution is -2.12. The van der Waals surface area contributed by atoms with Crippen molar-refractivity contribution in [3.63, 3.8) is 0 Å². The maximum atomic E-state index is 12.7. The number of nitrogens with zero attached hydrogens (tertiary/aromatic N) is 2. The SMILES string of the molecule is CNc1nc(Cc2ccc(NC(=O)c3ccc4ccccc4c3)cc2)nc(Cl)c1CC(=O)OC. The standard InChI is InChI=1S/C26H23ClN4O3/c1-28-25-21(15-23(32)34-2)24(27)30-22(31-25)13-16-7-11-20(12-8-16)29-26(33)19-10-9-17-5-3-4-6-18(17)14-19/h3-12,14H,13,15H2,1-2H3,(H,29,33)(H,28,30,31). The van der Waals surface area contributed by atoms with Gasteiger partial charge >= 0.3 is 5.97 Å². The minimum absolute atomic E-state index is 0.0165. The number of hydrogen-bond acceptors (Lipinski definition) is 6. The highest BCUT2D eigenvalue weighted by atomic mass is 35.5. The van der Waals surface area contributed by atoms with Crippen LogP contribution in [0.25, 0.3) is 10.8 Å². The van der Waals surface area contributed by atoms with Gasteiger partial charge in [-0.25, -0.2) is 9.97 Å². The van der Waals surface area contributed by atoms with Crippen LogP contribution in [0, 0.1) is 0 Å². The molecule has 0 spiro atoms. The second kappa shape index (κ2) is 10.3. The molecule has 1 amide bonds. The van der Waals surface area contributed by atoms with E-state index in [1.54, 1.807) is 7.05 Å². The van der Waals surface area contributed by atoms with Crippen molar-refractivity contribution in [2.24, 2.45) is 0 Å². The fourth-order valence-corrected chi connectivity index (χ4v) is 3.84. The number of benzene rings is 3. The zero-order valence-electron chi connectivity index (χ0n) is 18.8. The van der Waals surface area contributed by atoms with Gasteiger partial charge in [-0.2, -0.15) is 0 Å². The number of amides is 1. The summed E-state index contributed by atoms with van der Waals surface area (Å²) in [6, 6.07) is 21.0. The van der Waals surface area contributed by atoms with E-state index in [2.05, 4.69) is 20.6 Å². The monoisotopic (exact) mass is 474 g/mol. The lowest BCUT2D eigenvalue weighted by Gasteiger charge is -2.11. The van der Waals surface area contributed by atoms with Crippen LogP contribution in [-0.2, 0) is 22.4 Å². The van der Waals surface area contributed by atoms with Crippen LogP contribution in [-0.4, -0.2) is 36.0 Å². The summed E-state index contributed by atoms with van der Waals surface area (Å²) in [6.07, 6.45) is 0.420. The molecule has 4 aromatic rings. The van der Waals surface area contributed by atoms with Crippen LogP contribution >= 0.6 is 11.6 Å². The number of ether oxygens (including phenoxy) is 1. The molecule has 0 radical (unpaired) electrons. The molecule has 0 saturated carbocycles. The molecule has 1 heterocycles. The average molecular weight is 475 g/mol. The quantitative estimate of drug-likeness (QED) is 0.293. The van der Waals surface area contributed by atoms with E-state index in [0.29, 0.717) is 34.9 Å². The van der Waals surface area contributed by atoms with Crippen LogP contribution in [0.1, 0.15) is 27.3 Å². The predicted molar refractivity (Wildman–Crippen MR) is 133 cm³/mol. The molecule has 0 unspecified atom stereocenters. The van der Waals surface area contributed by atoms with E-state index in [0.717, 1.165) is 16.3 Å². The second-order valence-corrected chi connectivity index (χ2v) is 8.01. The molecule has 34 heavy (non-hydrogen) atoms. The summed E-state index contributed by atoms with van der Waals surface area (Å²) < 4.78 is 4.71. The number of anilines is 2. The molecule has 0 bridgehead atoms. The number of esters is 1. The number of hydrogen-bond donors (Lipinski definition) is 2. The Bertz CT molecular complexity index is 1360. The third-order valence-corrected chi connectivity index (χ3v) is 5.69. The molecule has 4 rings (SSSR count). The van der Waals surface area contributed by atoms with Crippen molar-refractivity contribution in [1.29, 1.82) is 0 Å². The number of halogens is 1. The molecule has 172 valence electrons. The largest absolute Gasteiger partial charge is 0.469 e. The topological polar surface area (TPSA) is 93.2 Å². The van der Waals surface area contributed by atoms with Crippen molar-refractivity contribution in [2.75, 3.05) is 24.8 Å². The summed E-state index contributed by atoms with van der Waals surface area (Å²) in [5.41, 5.74) is 2.72. The smallest absolute Gasteiger partial charge is 0.310 e. The summed E-state index contributed by atoms with van der Waals surface area (Å²) in [7, 11) is 3.02. The Kier molecular flexibility index (Phi) is 7.04. The van der Waals surface area contributed by atoms with E-state index in [4.69, 9.17) is 16.3 Å². The number of nitrogens with one attached hydrogen (secondary N) is 2. The minimum Gasteiger partial charge on any atom is -0.469 e. The van der Waals surface area contributed by atoms with Crippen LogP contribution in [0.3, 0.4) is 0 Å². The molecule has 0 aliphatic carbocycles. The van der Waals surface area contributed by atoms with Gasteiger partial charge < -0.3 is 15.4 Å². The summed E-state index contributed by atoms with van der Waals surface area (Å²) >= 11 is 6.31. The van der Waals surface area contributed by atoms with E-state index >= 15 is 0 Å². The van der Waals surface area contributed by atoms with Gasteiger partial charge in [0.25, 0.3) is 5.91 Å². The third-order valence-electron chi connectivity index (χ3n) is 5.37. The zero-order chi connectivity index (χ0) is 24.1. The molecule has 0 saturated heterocycles. The van der Waals surface area contributed by atoms with Gasteiger partial charge in [-0.1, -0.05) is 54.1 Å². The molecular formula is C26H23ClN4O3. The Balaban J connectivity index is 1.45. The first kappa shape index (κ1) is 23.2. The third kappa shape index (κ3) is 5.32. The Hall–Kier alpha value is -3.97. The summed E-state index contributed by atoms with van der Waals surface area (Å²) in [6.45, 7) is 0. The van der Waals surface area contributed by atoms with Gasteiger partial charge in [-0.05, 0) is 40.6 Å².